The van der Waals surface area contributed by atoms with E-state index >= 15 is 0 Å². The Morgan fingerprint density at radius 1 is 0.968 bits per heavy atom. The minimum absolute atomic E-state index is 0.852. The molecular weight excluding hydrogens is 388 g/mol. The number of pyridine rings is 1. The molecule has 4 aromatic rings. The summed E-state index contributed by atoms with van der Waals surface area (Å²) in [6, 6.07) is 16.2. The summed E-state index contributed by atoms with van der Waals surface area (Å²) in [6.45, 7) is 5.25. The number of hydrogen-bond acceptors (Lipinski definition) is 5. The molecule has 0 amide bonds. The first-order valence-corrected chi connectivity index (χ1v) is 10.8. The molecule has 4 heterocycles. The molecule has 31 heavy (non-hydrogen) atoms. The summed E-state index contributed by atoms with van der Waals surface area (Å²) in [5, 5.41) is 0. The van der Waals surface area contributed by atoms with Gasteiger partial charge in [-0.05, 0) is 75.1 Å². The van der Waals surface area contributed by atoms with Gasteiger partial charge in [0.25, 0.3) is 0 Å². The molecule has 1 aliphatic heterocycles. The number of ether oxygens (including phenoxy) is 1. The van der Waals surface area contributed by atoms with Gasteiger partial charge in [0.2, 0.25) is 0 Å². The quantitative estimate of drug-likeness (QED) is 0.482. The second-order valence-corrected chi connectivity index (χ2v) is 8.19. The minimum atomic E-state index is 0.852. The Morgan fingerprint density at radius 3 is 2.58 bits per heavy atom. The van der Waals surface area contributed by atoms with Gasteiger partial charge in [-0.1, -0.05) is 0 Å². The van der Waals surface area contributed by atoms with E-state index in [9.17, 15) is 0 Å². The van der Waals surface area contributed by atoms with E-state index in [4.69, 9.17) is 14.1 Å². The first kappa shape index (κ1) is 19.8. The highest BCUT2D eigenvalue weighted by Gasteiger charge is 2.20. The Hall–Kier alpha value is -3.09. The van der Waals surface area contributed by atoms with Gasteiger partial charge in [0.15, 0.2) is 0 Å². The van der Waals surface area contributed by atoms with Crippen LogP contribution in [0.15, 0.2) is 65.4 Å². The van der Waals surface area contributed by atoms with E-state index in [2.05, 4.69) is 51.7 Å². The van der Waals surface area contributed by atoms with Gasteiger partial charge in [-0.2, -0.15) is 0 Å². The highest BCUT2D eigenvalue weighted by Crippen LogP contribution is 2.30. The predicted octanol–water partition coefficient (Wildman–Crippen LogP) is 4.41. The molecule has 6 nitrogen and oxygen atoms in total. The molecule has 0 radical (unpaired) electrons. The number of likely N-dealkylation sites (N-methyl/N-ethyl adjacent to an activating group) is 1. The lowest BCUT2D eigenvalue weighted by Crippen LogP contribution is -2.29. The third kappa shape index (κ3) is 4.09. The molecule has 160 valence electrons. The number of methoxy groups -OCH3 is 1. The van der Waals surface area contributed by atoms with Crippen LogP contribution >= 0.6 is 0 Å². The summed E-state index contributed by atoms with van der Waals surface area (Å²) in [4.78, 5) is 9.97. The van der Waals surface area contributed by atoms with Gasteiger partial charge >= 0.3 is 0 Å². The van der Waals surface area contributed by atoms with Gasteiger partial charge in [0, 0.05) is 37.0 Å². The summed E-state index contributed by atoms with van der Waals surface area (Å²) < 4.78 is 13.2. The molecular formula is C25H28N4O2. The van der Waals surface area contributed by atoms with Crippen LogP contribution in [0.2, 0.25) is 0 Å². The molecule has 1 aromatic carbocycles. The largest absolute Gasteiger partial charge is 0.497 e. The number of aromatic nitrogens is 2. The monoisotopic (exact) mass is 416 g/mol. The molecule has 0 saturated carbocycles. The summed E-state index contributed by atoms with van der Waals surface area (Å²) in [6.07, 6.45) is 5.04. The van der Waals surface area contributed by atoms with Gasteiger partial charge in [0.05, 0.1) is 24.8 Å². The van der Waals surface area contributed by atoms with Crippen LogP contribution in [0, 0.1) is 0 Å². The van der Waals surface area contributed by atoms with Crippen molar-refractivity contribution in [2.24, 2.45) is 0 Å². The lowest BCUT2D eigenvalue weighted by molar-refractivity contribution is 0.266. The first-order valence-electron chi connectivity index (χ1n) is 10.8. The molecule has 0 aliphatic carbocycles. The molecule has 0 N–H and O–H groups in total. The normalized spacial score (nSPS) is 15.9. The van der Waals surface area contributed by atoms with E-state index < -0.39 is 0 Å². The van der Waals surface area contributed by atoms with Crippen molar-refractivity contribution in [2.75, 3.05) is 40.3 Å². The van der Waals surface area contributed by atoms with Crippen molar-refractivity contribution in [3.05, 3.63) is 66.7 Å². The maximum atomic E-state index is 5.64. The molecule has 1 saturated heterocycles. The maximum absolute atomic E-state index is 5.64. The molecule has 0 spiro atoms. The standard InChI is InChI=1S/C25H28N4O2/c1-27-12-4-13-28(15-14-27)18-22-25(19-6-9-21(30-2)10-7-19)26-24-11-8-20(17-29(22)24)23-5-3-16-31-23/h3,5-11,16-17H,4,12-15,18H2,1-2H3. The average Bonchev–Trinajstić information content (AvgIpc) is 3.40. The van der Waals surface area contributed by atoms with Crippen LogP contribution in [0.3, 0.4) is 0 Å². The highest BCUT2D eigenvalue weighted by molar-refractivity contribution is 5.69. The van der Waals surface area contributed by atoms with Gasteiger partial charge < -0.3 is 18.5 Å². The third-order valence-corrected chi connectivity index (χ3v) is 6.07. The molecule has 1 aliphatic rings. The number of benzene rings is 1. The Labute approximate surface area is 182 Å². The second-order valence-electron chi connectivity index (χ2n) is 8.19. The number of fused-ring (bicyclic) bond motifs is 1. The van der Waals surface area contributed by atoms with Crippen molar-refractivity contribution in [1.29, 1.82) is 0 Å². The smallest absolute Gasteiger partial charge is 0.137 e. The predicted molar refractivity (Wildman–Crippen MR) is 122 cm³/mol. The van der Waals surface area contributed by atoms with E-state index in [1.165, 1.54) is 12.1 Å². The van der Waals surface area contributed by atoms with E-state index in [1.54, 1.807) is 13.4 Å². The number of nitrogens with zero attached hydrogens (tertiary/aromatic N) is 4. The molecule has 0 atom stereocenters. The van der Waals surface area contributed by atoms with E-state index in [1.807, 2.05) is 24.3 Å². The lowest BCUT2D eigenvalue weighted by Gasteiger charge is -2.20. The summed E-state index contributed by atoms with van der Waals surface area (Å²) in [7, 11) is 3.90. The SMILES string of the molecule is COc1ccc(-c2nc3ccc(-c4ccco4)cn3c2CN2CCCN(C)CC2)cc1. The zero-order chi connectivity index (χ0) is 21.2. The number of rotatable bonds is 5. The average molecular weight is 417 g/mol. The molecule has 5 rings (SSSR count). The maximum Gasteiger partial charge on any atom is 0.137 e. The van der Waals surface area contributed by atoms with Crippen LogP contribution in [0.4, 0.5) is 0 Å². The number of hydrogen-bond donors (Lipinski definition) is 0. The van der Waals surface area contributed by atoms with Crippen molar-refractivity contribution in [2.45, 2.75) is 13.0 Å². The topological polar surface area (TPSA) is 46.2 Å². The van der Waals surface area contributed by atoms with Crippen LogP contribution in [0.1, 0.15) is 12.1 Å². The fourth-order valence-corrected chi connectivity index (χ4v) is 4.28. The summed E-state index contributed by atoms with van der Waals surface area (Å²) in [5.41, 5.74) is 5.33. The Bertz CT molecular complexity index is 1150. The highest BCUT2D eigenvalue weighted by atomic mass is 16.5. The fourth-order valence-electron chi connectivity index (χ4n) is 4.28. The molecule has 6 heteroatoms. The van der Waals surface area contributed by atoms with Crippen LogP contribution in [-0.4, -0.2) is 59.5 Å². The van der Waals surface area contributed by atoms with Crippen LogP contribution in [0.5, 0.6) is 5.75 Å². The molecule has 3 aromatic heterocycles. The van der Waals surface area contributed by atoms with Crippen molar-refractivity contribution < 1.29 is 9.15 Å². The van der Waals surface area contributed by atoms with Gasteiger partial charge in [0.1, 0.15) is 17.2 Å². The summed E-state index contributed by atoms with van der Waals surface area (Å²) in [5.74, 6) is 1.72. The Morgan fingerprint density at radius 2 is 1.81 bits per heavy atom. The Kier molecular flexibility index (Phi) is 5.49. The first-order chi connectivity index (χ1) is 15.2. The van der Waals surface area contributed by atoms with Crippen molar-refractivity contribution >= 4 is 5.65 Å². The van der Waals surface area contributed by atoms with Crippen molar-refractivity contribution in [1.82, 2.24) is 19.2 Å². The molecule has 0 bridgehead atoms. The Balaban J connectivity index is 1.59. The van der Waals surface area contributed by atoms with Crippen molar-refractivity contribution in [3.8, 4) is 28.3 Å². The van der Waals surface area contributed by atoms with E-state index in [0.29, 0.717) is 0 Å². The zero-order valence-corrected chi connectivity index (χ0v) is 18.1. The molecule has 1 fully saturated rings. The van der Waals surface area contributed by atoms with Crippen LogP contribution in [0.25, 0.3) is 28.2 Å². The zero-order valence-electron chi connectivity index (χ0n) is 18.1. The van der Waals surface area contributed by atoms with E-state index in [-0.39, 0.29) is 0 Å². The lowest BCUT2D eigenvalue weighted by atomic mass is 10.1. The number of imidazole rings is 1. The second kappa shape index (κ2) is 8.57. The van der Waals surface area contributed by atoms with Crippen LogP contribution < -0.4 is 4.74 Å². The van der Waals surface area contributed by atoms with Crippen LogP contribution in [-0.2, 0) is 6.54 Å². The van der Waals surface area contributed by atoms with Crippen molar-refractivity contribution in [3.63, 3.8) is 0 Å². The van der Waals surface area contributed by atoms with Gasteiger partial charge in [-0.15, -0.1) is 0 Å². The third-order valence-electron chi connectivity index (χ3n) is 6.07. The fraction of sp³-hybridized carbons (Fsp3) is 0.320. The van der Waals surface area contributed by atoms with Gasteiger partial charge in [-0.25, -0.2) is 4.98 Å². The summed E-state index contributed by atoms with van der Waals surface area (Å²) >= 11 is 0. The minimum Gasteiger partial charge on any atom is -0.497 e. The van der Waals surface area contributed by atoms with E-state index in [0.717, 1.165) is 66.7 Å². The number of furan rings is 1. The molecule has 0 unspecified atom stereocenters. The van der Waals surface area contributed by atoms with Gasteiger partial charge in [-0.3, -0.25) is 4.90 Å².